The van der Waals surface area contributed by atoms with Gasteiger partial charge in [0, 0.05) is 5.56 Å². The molecular formula is C11H16F2N2O. The minimum absolute atomic E-state index is 0.0815. The van der Waals surface area contributed by atoms with Gasteiger partial charge in [0.2, 0.25) is 0 Å². The van der Waals surface area contributed by atoms with Gasteiger partial charge in [-0.25, -0.2) is 8.78 Å². The van der Waals surface area contributed by atoms with E-state index >= 15 is 0 Å². The van der Waals surface area contributed by atoms with Gasteiger partial charge >= 0.3 is 0 Å². The molecule has 3 nitrogen and oxygen atoms in total. The van der Waals surface area contributed by atoms with E-state index in [4.69, 9.17) is 5.11 Å². The van der Waals surface area contributed by atoms with Crippen molar-refractivity contribution in [3.63, 3.8) is 0 Å². The topological polar surface area (TPSA) is 38.1 Å². The monoisotopic (exact) mass is 230 g/mol. The van der Waals surface area contributed by atoms with Crippen LogP contribution in [0.25, 0.3) is 0 Å². The molecule has 0 unspecified atom stereocenters. The minimum atomic E-state index is -2.56. The summed E-state index contributed by atoms with van der Waals surface area (Å²) in [7, 11) is 0. The lowest BCUT2D eigenvalue weighted by molar-refractivity contribution is 0.128. The van der Waals surface area contributed by atoms with E-state index in [9.17, 15) is 8.78 Å². The summed E-state index contributed by atoms with van der Waals surface area (Å²) in [5, 5.41) is 13.0. The average Bonchev–Trinajstić information content (AvgIpc) is 2.73. The molecule has 1 aromatic heterocycles. The van der Waals surface area contributed by atoms with Gasteiger partial charge in [0.25, 0.3) is 6.43 Å². The Hall–Kier alpha value is -0.970. The van der Waals surface area contributed by atoms with Gasteiger partial charge in [-0.05, 0) is 12.8 Å². The van der Waals surface area contributed by atoms with Gasteiger partial charge in [-0.3, -0.25) is 4.68 Å². The molecule has 1 saturated carbocycles. The largest absolute Gasteiger partial charge is 0.392 e. The number of alkyl halides is 2. The number of rotatable bonds is 3. The zero-order valence-electron chi connectivity index (χ0n) is 9.07. The first-order chi connectivity index (χ1) is 7.74. The highest BCUT2D eigenvalue weighted by Gasteiger charge is 2.25. The van der Waals surface area contributed by atoms with Gasteiger partial charge in [0.05, 0.1) is 18.8 Å². The highest BCUT2D eigenvalue weighted by Crippen LogP contribution is 2.32. The summed E-state index contributed by atoms with van der Waals surface area (Å²) in [5.41, 5.74) is 0.148. The molecule has 0 bridgehead atoms. The van der Waals surface area contributed by atoms with Gasteiger partial charge in [-0.15, -0.1) is 0 Å². The second kappa shape index (κ2) is 4.91. The molecule has 0 amide bonds. The normalized spacial score (nSPS) is 18.2. The van der Waals surface area contributed by atoms with Crippen LogP contribution in [-0.2, 0) is 6.61 Å². The summed E-state index contributed by atoms with van der Waals surface area (Å²) in [6, 6.07) is 0.0815. The standard InChI is InChI=1S/C11H16F2N2O/c12-11(13)10-8(7-16)6-14-15(10)9-4-2-1-3-5-9/h6,9,11,16H,1-5,7H2. The van der Waals surface area contributed by atoms with Crippen LogP contribution in [0.15, 0.2) is 6.20 Å². The first-order valence-electron chi connectivity index (χ1n) is 5.69. The molecule has 1 fully saturated rings. The molecule has 5 heteroatoms. The van der Waals surface area contributed by atoms with Gasteiger partial charge < -0.3 is 5.11 Å². The maximum Gasteiger partial charge on any atom is 0.280 e. The maximum atomic E-state index is 12.9. The van der Waals surface area contributed by atoms with Crippen molar-refractivity contribution in [2.45, 2.75) is 51.2 Å². The van der Waals surface area contributed by atoms with E-state index in [0.29, 0.717) is 0 Å². The zero-order valence-corrected chi connectivity index (χ0v) is 9.07. The third-order valence-electron chi connectivity index (χ3n) is 3.21. The van der Waals surface area contributed by atoms with Crippen LogP contribution in [0.2, 0.25) is 0 Å². The quantitative estimate of drug-likeness (QED) is 0.867. The van der Waals surface area contributed by atoms with Crippen LogP contribution in [-0.4, -0.2) is 14.9 Å². The third kappa shape index (κ3) is 2.09. The van der Waals surface area contributed by atoms with Crippen molar-refractivity contribution in [1.29, 1.82) is 0 Å². The first-order valence-corrected chi connectivity index (χ1v) is 5.69. The molecule has 16 heavy (non-hydrogen) atoms. The number of hydrogen-bond acceptors (Lipinski definition) is 2. The van der Waals surface area contributed by atoms with E-state index in [2.05, 4.69) is 5.10 Å². The van der Waals surface area contributed by atoms with Crippen molar-refractivity contribution < 1.29 is 13.9 Å². The Morgan fingerprint density at radius 3 is 2.62 bits per heavy atom. The second-order valence-corrected chi connectivity index (χ2v) is 4.25. The Bertz CT molecular complexity index is 346. The van der Waals surface area contributed by atoms with E-state index < -0.39 is 6.43 Å². The number of nitrogens with zero attached hydrogens (tertiary/aromatic N) is 2. The zero-order chi connectivity index (χ0) is 11.5. The summed E-state index contributed by atoms with van der Waals surface area (Å²) in [6.07, 6.45) is 3.93. The molecule has 1 heterocycles. The van der Waals surface area contributed by atoms with Gasteiger partial charge in [-0.1, -0.05) is 19.3 Å². The fourth-order valence-electron chi connectivity index (χ4n) is 2.39. The van der Waals surface area contributed by atoms with Crippen molar-refractivity contribution in [1.82, 2.24) is 9.78 Å². The summed E-state index contributed by atoms with van der Waals surface area (Å²) in [6.45, 7) is -0.369. The third-order valence-corrected chi connectivity index (χ3v) is 3.21. The predicted octanol–water partition coefficient (Wildman–Crippen LogP) is 2.82. The molecule has 2 rings (SSSR count). The summed E-state index contributed by atoms with van der Waals surface area (Å²) >= 11 is 0. The number of aliphatic hydroxyl groups is 1. The lowest BCUT2D eigenvalue weighted by Gasteiger charge is -2.24. The van der Waals surface area contributed by atoms with E-state index in [0.717, 1.165) is 25.7 Å². The van der Waals surface area contributed by atoms with E-state index in [1.54, 1.807) is 0 Å². The van der Waals surface area contributed by atoms with Gasteiger partial charge in [0.15, 0.2) is 0 Å². The van der Waals surface area contributed by atoms with Crippen LogP contribution in [0.3, 0.4) is 0 Å². The molecule has 1 aromatic rings. The minimum Gasteiger partial charge on any atom is -0.392 e. The highest BCUT2D eigenvalue weighted by molar-refractivity contribution is 5.18. The van der Waals surface area contributed by atoms with E-state index in [-0.39, 0.29) is 23.9 Å². The Kier molecular flexibility index (Phi) is 3.53. The second-order valence-electron chi connectivity index (χ2n) is 4.25. The molecule has 0 aliphatic heterocycles. The fourth-order valence-corrected chi connectivity index (χ4v) is 2.39. The Balaban J connectivity index is 2.28. The van der Waals surface area contributed by atoms with Crippen molar-refractivity contribution >= 4 is 0 Å². The number of hydrogen-bond donors (Lipinski definition) is 1. The van der Waals surface area contributed by atoms with Crippen molar-refractivity contribution in [3.8, 4) is 0 Å². The molecular weight excluding hydrogens is 214 g/mol. The van der Waals surface area contributed by atoms with Crippen molar-refractivity contribution in [2.75, 3.05) is 0 Å². The first kappa shape index (κ1) is 11.5. The Morgan fingerprint density at radius 1 is 1.38 bits per heavy atom. The Labute approximate surface area is 93.1 Å². The average molecular weight is 230 g/mol. The lowest BCUT2D eigenvalue weighted by Crippen LogP contribution is -2.17. The fraction of sp³-hybridized carbons (Fsp3) is 0.727. The molecule has 0 spiro atoms. The number of aliphatic hydroxyl groups excluding tert-OH is 1. The van der Waals surface area contributed by atoms with Crippen LogP contribution in [0, 0.1) is 0 Å². The van der Waals surface area contributed by atoms with Crippen LogP contribution < -0.4 is 0 Å². The van der Waals surface area contributed by atoms with Crippen molar-refractivity contribution in [2.24, 2.45) is 0 Å². The molecule has 0 aromatic carbocycles. The summed E-state index contributed by atoms with van der Waals surface area (Å²) < 4.78 is 27.2. The highest BCUT2D eigenvalue weighted by atomic mass is 19.3. The smallest absolute Gasteiger partial charge is 0.280 e. The molecule has 1 aliphatic carbocycles. The van der Waals surface area contributed by atoms with Crippen LogP contribution >= 0.6 is 0 Å². The molecule has 1 N–H and O–H groups in total. The predicted molar refractivity (Wildman–Crippen MR) is 55.2 cm³/mol. The molecule has 0 radical (unpaired) electrons. The molecule has 0 atom stereocenters. The van der Waals surface area contributed by atoms with Gasteiger partial charge in [0.1, 0.15) is 5.69 Å². The van der Waals surface area contributed by atoms with Crippen LogP contribution in [0.4, 0.5) is 8.78 Å². The van der Waals surface area contributed by atoms with Crippen LogP contribution in [0.1, 0.15) is 55.8 Å². The van der Waals surface area contributed by atoms with Crippen LogP contribution in [0.5, 0.6) is 0 Å². The molecule has 90 valence electrons. The maximum absolute atomic E-state index is 12.9. The summed E-state index contributed by atoms with van der Waals surface area (Å²) in [5.74, 6) is 0. The Morgan fingerprint density at radius 2 is 2.06 bits per heavy atom. The molecule has 1 aliphatic rings. The van der Waals surface area contributed by atoms with E-state index in [1.807, 2.05) is 0 Å². The van der Waals surface area contributed by atoms with Crippen molar-refractivity contribution in [3.05, 3.63) is 17.5 Å². The SMILES string of the molecule is OCc1cnn(C2CCCCC2)c1C(F)F. The number of halogens is 2. The summed E-state index contributed by atoms with van der Waals surface area (Å²) in [4.78, 5) is 0. The lowest BCUT2D eigenvalue weighted by atomic mass is 9.95. The number of aromatic nitrogens is 2. The molecule has 0 saturated heterocycles. The van der Waals surface area contributed by atoms with E-state index in [1.165, 1.54) is 17.3 Å². The van der Waals surface area contributed by atoms with Gasteiger partial charge in [-0.2, -0.15) is 5.10 Å².